The Morgan fingerprint density at radius 3 is 2.54 bits per heavy atom. The molecule has 1 aliphatic rings. The van der Waals surface area contributed by atoms with Gasteiger partial charge in [-0.2, -0.15) is 0 Å². The smallest absolute Gasteiger partial charge is 0.309 e. The highest BCUT2D eigenvalue weighted by molar-refractivity contribution is 7.09. The van der Waals surface area contributed by atoms with Crippen LogP contribution in [0.5, 0.6) is 0 Å². The van der Waals surface area contributed by atoms with E-state index in [2.05, 4.69) is 15.0 Å². The van der Waals surface area contributed by atoms with Gasteiger partial charge in [-0.15, -0.1) is 11.3 Å². The molecule has 2 heterocycles. The molecule has 0 amide bonds. The Hall–Kier alpha value is -2.30. The third kappa shape index (κ3) is 8.35. The summed E-state index contributed by atoms with van der Waals surface area (Å²) in [5.74, 6) is -2.08. The van der Waals surface area contributed by atoms with Crippen LogP contribution in [-0.2, 0) is 14.3 Å². The van der Waals surface area contributed by atoms with Crippen LogP contribution in [0.3, 0.4) is 0 Å². The Morgan fingerprint density at radius 1 is 1.27 bits per heavy atom. The second kappa shape index (κ2) is 13.5. The first-order chi connectivity index (χ1) is 17.3. The third-order valence-corrected chi connectivity index (χ3v) is 8.18. The summed E-state index contributed by atoms with van der Waals surface area (Å²) < 4.78 is 5.71. The Labute approximate surface area is 222 Å². The molecule has 0 aromatic carbocycles. The van der Waals surface area contributed by atoms with E-state index < -0.39 is 54.2 Å². The van der Waals surface area contributed by atoms with Gasteiger partial charge in [-0.25, -0.2) is 4.98 Å². The van der Waals surface area contributed by atoms with E-state index in [1.165, 1.54) is 11.3 Å². The molecule has 1 aliphatic heterocycles. The number of rotatable bonds is 3. The second-order valence-electron chi connectivity index (χ2n) is 10.7. The fraction of sp³-hybridized carbons (Fsp3) is 0.731. The highest BCUT2D eigenvalue weighted by Crippen LogP contribution is 2.33. The number of nitrogens with zero attached hydrogens (tertiary/aromatic N) is 4. The number of ketones is 1. The van der Waals surface area contributed by atoms with Crippen molar-refractivity contribution in [3.8, 4) is 0 Å². The highest BCUT2D eigenvalue weighted by atomic mass is 32.1. The molecule has 1 aromatic heterocycles. The van der Waals surface area contributed by atoms with Crippen LogP contribution in [0.1, 0.15) is 77.4 Å². The number of carbonyl (C=O) groups is 2. The number of Topliss-reactive ketones (excluding diaryl/α,β-unsaturated/α-hetero) is 1. The summed E-state index contributed by atoms with van der Waals surface area (Å²) in [5, 5.41) is 39.1. The normalized spacial score (nSPS) is 32.9. The molecule has 11 heteroatoms. The van der Waals surface area contributed by atoms with Crippen molar-refractivity contribution < 1.29 is 29.6 Å². The topological polar surface area (TPSA) is 166 Å². The number of ether oxygens (including phenoxy) is 1. The van der Waals surface area contributed by atoms with E-state index in [0.29, 0.717) is 30.5 Å². The summed E-state index contributed by atoms with van der Waals surface area (Å²) >= 11 is 1.48. The molecule has 206 valence electrons. The van der Waals surface area contributed by atoms with Crippen molar-refractivity contribution in [3.05, 3.63) is 32.1 Å². The zero-order chi connectivity index (χ0) is 27.9. The van der Waals surface area contributed by atoms with Crippen LogP contribution in [0.4, 0.5) is 0 Å². The van der Waals surface area contributed by atoms with Gasteiger partial charge in [-0.3, -0.25) is 9.59 Å². The number of aliphatic hydroxyl groups excluding tert-OH is 3. The zero-order valence-corrected chi connectivity index (χ0v) is 23.3. The molecular weight excluding hydrogens is 496 g/mol. The van der Waals surface area contributed by atoms with Gasteiger partial charge in [-0.1, -0.05) is 39.2 Å². The summed E-state index contributed by atoms with van der Waals surface area (Å²) in [7, 11) is 0. The largest absolute Gasteiger partial charge is 0.458 e. The van der Waals surface area contributed by atoms with Gasteiger partial charge in [-0.05, 0) is 49.8 Å². The average Bonchev–Trinajstić information content (AvgIpc) is 3.24. The van der Waals surface area contributed by atoms with Crippen LogP contribution in [0.15, 0.2) is 16.1 Å². The lowest BCUT2D eigenvalue weighted by atomic mass is 9.73. The van der Waals surface area contributed by atoms with Crippen molar-refractivity contribution in [2.75, 3.05) is 0 Å². The molecule has 0 saturated carbocycles. The highest BCUT2D eigenvalue weighted by Gasteiger charge is 2.42. The van der Waals surface area contributed by atoms with Gasteiger partial charge in [0.05, 0.1) is 46.9 Å². The van der Waals surface area contributed by atoms with Crippen molar-refractivity contribution in [1.29, 1.82) is 0 Å². The van der Waals surface area contributed by atoms with Gasteiger partial charge in [0.2, 0.25) is 0 Å². The van der Waals surface area contributed by atoms with E-state index in [0.717, 1.165) is 5.01 Å². The Morgan fingerprint density at radius 2 is 1.95 bits per heavy atom. The maximum atomic E-state index is 13.2. The summed E-state index contributed by atoms with van der Waals surface area (Å²) in [6.07, 6.45) is -1.47. The van der Waals surface area contributed by atoms with Gasteiger partial charge in [0.25, 0.3) is 0 Å². The zero-order valence-electron chi connectivity index (χ0n) is 22.5. The van der Waals surface area contributed by atoms with Gasteiger partial charge >= 0.3 is 5.97 Å². The second-order valence-corrected chi connectivity index (χ2v) is 11.8. The number of aromatic nitrogens is 1. The lowest BCUT2D eigenvalue weighted by Crippen LogP contribution is -2.46. The molecule has 10 nitrogen and oxygen atoms in total. The first kappa shape index (κ1) is 30.9. The maximum absolute atomic E-state index is 13.2. The first-order valence-corrected chi connectivity index (χ1v) is 13.6. The standard InChI is InChI=1S/C26H40N4O6S/c1-14-8-7-9-19(29-30-27)20(31)11-21(15(2)10-18-13-37-17(4)28-18)36-23(33)12-22(32)26(5,6)25(35)16(3)24(14)34/h10,13-14,16,19-22,24,31-32,34H,7-9,11-12H2,1-6H3/t14-,16+,19+,20+,21?,22-,24-/m0/s1. The Kier molecular flexibility index (Phi) is 11.3. The number of aryl methyl sites for hydroxylation is 1. The Bertz CT molecular complexity index is 1020. The predicted octanol–water partition coefficient (Wildman–Crippen LogP) is 4.36. The molecule has 0 spiro atoms. The molecule has 1 unspecified atom stereocenters. The van der Waals surface area contributed by atoms with Crippen LogP contribution in [0.2, 0.25) is 0 Å². The summed E-state index contributed by atoms with van der Waals surface area (Å²) in [6, 6.07) is -0.763. The summed E-state index contributed by atoms with van der Waals surface area (Å²) in [5.41, 5.74) is 9.10. The molecule has 3 N–H and O–H groups in total. The number of hydrogen-bond acceptors (Lipinski definition) is 9. The predicted molar refractivity (Wildman–Crippen MR) is 142 cm³/mol. The molecule has 1 saturated heterocycles. The van der Waals surface area contributed by atoms with Crippen molar-refractivity contribution >= 4 is 29.2 Å². The molecule has 0 bridgehead atoms. The fourth-order valence-electron chi connectivity index (χ4n) is 4.71. The lowest BCUT2D eigenvalue weighted by molar-refractivity contribution is -0.155. The molecule has 1 fully saturated rings. The average molecular weight is 537 g/mol. The number of hydrogen-bond donors (Lipinski definition) is 3. The first-order valence-electron chi connectivity index (χ1n) is 12.7. The number of aliphatic hydroxyl groups is 3. The van der Waals surface area contributed by atoms with Gasteiger partial charge in [0.1, 0.15) is 11.9 Å². The summed E-state index contributed by atoms with van der Waals surface area (Å²) in [6.45, 7) is 10.2. The minimum absolute atomic E-state index is 0.0193. The molecule has 0 aliphatic carbocycles. The van der Waals surface area contributed by atoms with Crippen LogP contribution < -0.4 is 0 Å². The van der Waals surface area contributed by atoms with E-state index in [-0.39, 0.29) is 18.1 Å². The van der Waals surface area contributed by atoms with E-state index in [4.69, 9.17) is 10.3 Å². The van der Waals surface area contributed by atoms with E-state index in [1.807, 2.05) is 19.2 Å². The number of cyclic esters (lactones) is 1. The molecule has 0 radical (unpaired) electrons. The van der Waals surface area contributed by atoms with Crippen LogP contribution in [0.25, 0.3) is 16.5 Å². The minimum atomic E-state index is -1.34. The van der Waals surface area contributed by atoms with Crippen molar-refractivity contribution in [3.63, 3.8) is 0 Å². The van der Waals surface area contributed by atoms with E-state index >= 15 is 0 Å². The van der Waals surface area contributed by atoms with Crippen LogP contribution in [0, 0.1) is 24.2 Å². The molecule has 37 heavy (non-hydrogen) atoms. The van der Waals surface area contributed by atoms with Crippen LogP contribution >= 0.6 is 11.3 Å². The maximum Gasteiger partial charge on any atom is 0.309 e. The molecule has 7 atom stereocenters. The molecular formula is C26H40N4O6S. The number of carbonyl (C=O) groups excluding carboxylic acids is 2. The number of thiazole rings is 1. The van der Waals surface area contributed by atoms with E-state index in [1.54, 1.807) is 33.8 Å². The number of azide groups is 1. The summed E-state index contributed by atoms with van der Waals surface area (Å²) in [4.78, 5) is 33.4. The van der Waals surface area contributed by atoms with E-state index in [9.17, 15) is 24.9 Å². The Balaban J connectivity index is 2.41. The van der Waals surface area contributed by atoms with Crippen molar-refractivity contribution in [1.82, 2.24) is 4.98 Å². The van der Waals surface area contributed by atoms with Crippen molar-refractivity contribution in [2.24, 2.45) is 22.4 Å². The van der Waals surface area contributed by atoms with Crippen molar-refractivity contribution in [2.45, 2.75) is 104 Å². The minimum Gasteiger partial charge on any atom is -0.458 e. The molecule has 1 aromatic rings. The third-order valence-electron chi connectivity index (χ3n) is 7.39. The lowest BCUT2D eigenvalue weighted by Gasteiger charge is -2.35. The van der Waals surface area contributed by atoms with Crippen LogP contribution in [-0.4, -0.2) is 62.5 Å². The fourth-order valence-corrected chi connectivity index (χ4v) is 5.28. The van der Waals surface area contributed by atoms with Gasteiger partial charge in [0.15, 0.2) is 0 Å². The van der Waals surface area contributed by atoms with Gasteiger partial charge in [0, 0.05) is 22.6 Å². The molecule has 2 rings (SSSR count). The SMILES string of the molecule is CC(=Cc1csc(C)n1)C1C[C@@H](O)[C@H](N=[N+]=[N-])CCC[C@H](C)[C@H](O)[C@@H](C)C(=O)C(C)(C)[C@@H](O)CC(=O)O1. The van der Waals surface area contributed by atoms with Gasteiger partial charge < -0.3 is 20.1 Å². The monoisotopic (exact) mass is 536 g/mol. The quantitative estimate of drug-likeness (QED) is 0.223. The number of esters is 1.